The molecule has 0 unspecified atom stereocenters. The third-order valence-corrected chi connectivity index (χ3v) is 1.15. The standard InChI is InChI=1S/C6H6F3N3O/c7-6(8,9)2-10-4-1-5(13)12-3-11-4/h1,3H,2H2,(H2,10,11,12,13). The molecule has 0 amide bonds. The highest BCUT2D eigenvalue weighted by atomic mass is 19.4. The lowest BCUT2D eigenvalue weighted by atomic mass is 10.5. The summed E-state index contributed by atoms with van der Waals surface area (Å²) in [6, 6.07) is 0.950. The van der Waals surface area contributed by atoms with Crippen molar-refractivity contribution >= 4 is 5.82 Å². The average molecular weight is 193 g/mol. The van der Waals surface area contributed by atoms with Gasteiger partial charge in [0.1, 0.15) is 12.4 Å². The van der Waals surface area contributed by atoms with Crippen molar-refractivity contribution in [3.63, 3.8) is 0 Å². The molecule has 0 aliphatic rings. The van der Waals surface area contributed by atoms with Crippen LogP contribution in [0.25, 0.3) is 0 Å². The Kier molecular flexibility index (Phi) is 2.54. The summed E-state index contributed by atoms with van der Waals surface area (Å²) >= 11 is 0. The zero-order chi connectivity index (χ0) is 9.90. The summed E-state index contributed by atoms with van der Waals surface area (Å²) in [6.07, 6.45) is -3.29. The second-order valence-corrected chi connectivity index (χ2v) is 2.27. The van der Waals surface area contributed by atoms with E-state index in [4.69, 9.17) is 0 Å². The molecule has 0 aliphatic carbocycles. The molecule has 0 atom stereocenters. The zero-order valence-electron chi connectivity index (χ0n) is 6.35. The van der Waals surface area contributed by atoms with Crippen molar-refractivity contribution < 1.29 is 13.2 Å². The normalized spacial score (nSPS) is 11.3. The molecule has 72 valence electrons. The molecule has 0 saturated heterocycles. The van der Waals surface area contributed by atoms with Crippen LogP contribution in [0, 0.1) is 0 Å². The van der Waals surface area contributed by atoms with Crippen LogP contribution in [-0.2, 0) is 0 Å². The Hall–Kier alpha value is -1.53. The van der Waals surface area contributed by atoms with Crippen molar-refractivity contribution in [1.82, 2.24) is 9.97 Å². The van der Waals surface area contributed by atoms with E-state index < -0.39 is 18.3 Å². The molecule has 1 heterocycles. The van der Waals surface area contributed by atoms with E-state index in [1.54, 1.807) is 0 Å². The molecule has 4 nitrogen and oxygen atoms in total. The van der Waals surface area contributed by atoms with E-state index in [0.717, 1.165) is 12.4 Å². The summed E-state index contributed by atoms with van der Waals surface area (Å²) < 4.78 is 35.0. The van der Waals surface area contributed by atoms with E-state index in [2.05, 4.69) is 9.97 Å². The predicted molar refractivity (Wildman–Crippen MR) is 39.4 cm³/mol. The number of aromatic nitrogens is 2. The van der Waals surface area contributed by atoms with Crippen LogP contribution in [0.2, 0.25) is 0 Å². The maximum Gasteiger partial charge on any atom is 0.405 e. The van der Waals surface area contributed by atoms with Crippen LogP contribution < -0.4 is 10.9 Å². The average Bonchev–Trinajstić information content (AvgIpc) is 2.00. The Bertz CT molecular complexity index is 332. The van der Waals surface area contributed by atoms with Gasteiger partial charge in [0.05, 0.1) is 6.33 Å². The van der Waals surface area contributed by atoms with E-state index in [-0.39, 0.29) is 5.82 Å². The van der Waals surface area contributed by atoms with E-state index >= 15 is 0 Å². The summed E-state index contributed by atoms with van der Waals surface area (Å²) in [5.74, 6) is -0.0962. The lowest BCUT2D eigenvalue weighted by molar-refractivity contribution is -0.115. The molecule has 7 heteroatoms. The van der Waals surface area contributed by atoms with E-state index in [1.807, 2.05) is 5.32 Å². The molecule has 0 bridgehead atoms. The van der Waals surface area contributed by atoms with Gasteiger partial charge >= 0.3 is 6.18 Å². The van der Waals surface area contributed by atoms with Gasteiger partial charge in [-0.3, -0.25) is 4.79 Å². The first-order chi connectivity index (χ1) is 5.97. The quantitative estimate of drug-likeness (QED) is 0.728. The largest absolute Gasteiger partial charge is 0.405 e. The molecule has 2 N–H and O–H groups in total. The van der Waals surface area contributed by atoms with Crippen LogP contribution >= 0.6 is 0 Å². The van der Waals surface area contributed by atoms with Crippen LogP contribution in [0.1, 0.15) is 0 Å². The maximum absolute atomic E-state index is 11.7. The van der Waals surface area contributed by atoms with Crippen molar-refractivity contribution in [2.45, 2.75) is 6.18 Å². The second-order valence-electron chi connectivity index (χ2n) is 2.27. The SMILES string of the molecule is O=c1cc(NCC(F)(F)F)nc[nH]1. The number of rotatable bonds is 2. The number of alkyl halides is 3. The highest BCUT2D eigenvalue weighted by Crippen LogP contribution is 2.14. The molecular formula is C6H6F3N3O. The lowest BCUT2D eigenvalue weighted by Crippen LogP contribution is -2.22. The fourth-order valence-electron chi connectivity index (χ4n) is 0.656. The summed E-state index contributed by atoms with van der Waals surface area (Å²) in [5.41, 5.74) is -0.500. The molecule has 1 aromatic rings. The summed E-state index contributed by atoms with van der Waals surface area (Å²) in [7, 11) is 0. The van der Waals surface area contributed by atoms with E-state index in [0.29, 0.717) is 0 Å². The van der Waals surface area contributed by atoms with E-state index in [1.165, 1.54) is 0 Å². The number of H-pyrrole nitrogens is 1. The number of anilines is 1. The number of nitrogens with zero attached hydrogens (tertiary/aromatic N) is 1. The van der Waals surface area contributed by atoms with Crippen molar-refractivity contribution in [3.05, 3.63) is 22.7 Å². The molecule has 0 aromatic carbocycles. The van der Waals surface area contributed by atoms with Crippen LogP contribution in [0.3, 0.4) is 0 Å². The highest BCUT2D eigenvalue weighted by Gasteiger charge is 2.26. The predicted octanol–water partition coefficient (Wildman–Crippen LogP) is 0.744. The maximum atomic E-state index is 11.7. The first-order valence-electron chi connectivity index (χ1n) is 3.33. The van der Waals surface area contributed by atoms with Gasteiger partial charge in [0.2, 0.25) is 0 Å². The van der Waals surface area contributed by atoms with Gasteiger partial charge in [0.25, 0.3) is 5.56 Å². The van der Waals surface area contributed by atoms with Crippen LogP contribution in [-0.4, -0.2) is 22.7 Å². The third-order valence-electron chi connectivity index (χ3n) is 1.15. The number of aromatic amines is 1. The van der Waals surface area contributed by atoms with Gasteiger partial charge in [-0.25, -0.2) is 4.98 Å². The first kappa shape index (κ1) is 9.56. The van der Waals surface area contributed by atoms with Crippen LogP contribution in [0.4, 0.5) is 19.0 Å². The van der Waals surface area contributed by atoms with Crippen LogP contribution in [0.5, 0.6) is 0 Å². The Balaban J connectivity index is 2.60. The van der Waals surface area contributed by atoms with Gasteiger partial charge in [-0.15, -0.1) is 0 Å². The lowest BCUT2D eigenvalue weighted by Gasteiger charge is -2.07. The number of hydrogen-bond donors (Lipinski definition) is 2. The molecule has 0 fully saturated rings. The Labute approximate surface area is 70.8 Å². The number of halogens is 3. The number of hydrogen-bond acceptors (Lipinski definition) is 3. The van der Waals surface area contributed by atoms with Crippen molar-refractivity contribution in [1.29, 1.82) is 0 Å². The molecule has 0 spiro atoms. The third kappa shape index (κ3) is 3.59. The second kappa shape index (κ2) is 3.46. The molecule has 1 aromatic heterocycles. The van der Waals surface area contributed by atoms with Gasteiger partial charge < -0.3 is 10.3 Å². The van der Waals surface area contributed by atoms with Gasteiger partial charge in [0.15, 0.2) is 0 Å². The minimum Gasteiger partial charge on any atom is -0.361 e. The Morgan fingerprint density at radius 3 is 2.77 bits per heavy atom. The topological polar surface area (TPSA) is 57.8 Å². The summed E-state index contributed by atoms with van der Waals surface area (Å²) in [6.45, 7) is -1.20. The fraction of sp³-hybridized carbons (Fsp3) is 0.333. The minimum absolute atomic E-state index is 0.0962. The molecule has 0 aliphatic heterocycles. The molecule has 1 rings (SSSR count). The Morgan fingerprint density at radius 2 is 2.23 bits per heavy atom. The van der Waals surface area contributed by atoms with Gasteiger partial charge in [-0.2, -0.15) is 13.2 Å². The summed E-state index contributed by atoms with van der Waals surface area (Å²) in [5, 5.41) is 1.97. The molecule has 0 radical (unpaired) electrons. The van der Waals surface area contributed by atoms with Gasteiger partial charge in [-0.05, 0) is 0 Å². The monoisotopic (exact) mass is 193 g/mol. The first-order valence-corrected chi connectivity index (χ1v) is 3.33. The van der Waals surface area contributed by atoms with Gasteiger partial charge in [0, 0.05) is 6.07 Å². The minimum atomic E-state index is -4.32. The van der Waals surface area contributed by atoms with E-state index in [9.17, 15) is 18.0 Å². The number of nitrogens with one attached hydrogen (secondary N) is 2. The molecular weight excluding hydrogens is 187 g/mol. The van der Waals surface area contributed by atoms with Crippen molar-refractivity contribution in [2.24, 2.45) is 0 Å². The Morgan fingerprint density at radius 1 is 1.54 bits per heavy atom. The molecule has 0 saturated carbocycles. The van der Waals surface area contributed by atoms with Crippen molar-refractivity contribution in [2.75, 3.05) is 11.9 Å². The summed E-state index contributed by atoms with van der Waals surface area (Å²) in [4.78, 5) is 16.3. The van der Waals surface area contributed by atoms with Gasteiger partial charge in [-0.1, -0.05) is 0 Å². The molecule has 13 heavy (non-hydrogen) atoms. The highest BCUT2D eigenvalue weighted by molar-refractivity contribution is 5.31. The smallest absolute Gasteiger partial charge is 0.361 e. The van der Waals surface area contributed by atoms with Crippen molar-refractivity contribution in [3.8, 4) is 0 Å². The zero-order valence-corrected chi connectivity index (χ0v) is 6.35. The van der Waals surface area contributed by atoms with Crippen LogP contribution in [0.15, 0.2) is 17.2 Å². The fourth-order valence-corrected chi connectivity index (χ4v) is 0.656.